The summed E-state index contributed by atoms with van der Waals surface area (Å²) in [6.45, 7) is 2.56. The number of fused-ring (bicyclic) bond motifs is 1. The molecule has 0 spiro atoms. The molecule has 0 aliphatic rings. The number of benzene rings is 2. The first-order valence-corrected chi connectivity index (χ1v) is 12.0. The van der Waals surface area contributed by atoms with Gasteiger partial charge in [-0.1, -0.05) is 37.3 Å². The number of likely N-dealkylation sites (N-methyl/N-ethyl adjacent to an activating group) is 1. The van der Waals surface area contributed by atoms with E-state index in [1.54, 1.807) is 35.0 Å². The number of nitrogens with one attached hydrogen (secondary N) is 1. The Morgan fingerprint density at radius 3 is 2.56 bits per heavy atom. The quantitative estimate of drug-likeness (QED) is 0.375. The van der Waals surface area contributed by atoms with Gasteiger partial charge in [-0.15, -0.1) is 0 Å². The minimum atomic E-state index is -0.151. The number of aromatic nitrogens is 2. The molecule has 0 bridgehead atoms. The lowest BCUT2D eigenvalue weighted by atomic mass is 9.89. The van der Waals surface area contributed by atoms with E-state index in [9.17, 15) is 9.59 Å². The van der Waals surface area contributed by atoms with Gasteiger partial charge < -0.3 is 19.5 Å². The first-order chi connectivity index (χ1) is 17.4. The van der Waals surface area contributed by atoms with Crippen LogP contribution >= 0.6 is 0 Å². The number of nitrogens with zero attached hydrogens (tertiary/aromatic N) is 3. The fraction of sp³-hybridized carbons (Fsp3) is 0.276. The standard InChI is InChI=1S/C29H32N4O3/c1-20(21-9-6-5-7-10-21)26(14-15-31-28(34)27-11-8-16-32(27)2)33(3)29(35)25-19-30-18-22-17-23(36-4)12-13-24(22)25/h5-13,16-20,26H,14-15H2,1-4H3,(H,31,34). The highest BCUT2D eigenvalue weighted by Crippen LogP contribution is 2.28. The highest BCUT2D eigenvalue weighted by molar-refractivity contribution is 6.06. The van der Waals surface area contributed by atoms with E-state index < -0.39 is 0 Å². The van der Waals surface area contributed by atoms with Crippen LogP contribution in [-0.4, -0.2) is 53.0 Å². The molecule has 2 heterocycles. The zero-order valence-corrected chi connectivity index (χ0v) is 21.1. The van der Waals surface area contributed by atoms with Crippen molar-refractivity contribution >= 4 is 22.6 Å². The highest BCUT2D eigenvalue weighted by Gasteiger charge is 2.28. The average Bonchev–Trinajstić information content (AvgIpc) is 3.35. The van der Waals surface area contributed by atoms with Crippen molar-refractivity contribution in [2.45, 2.75) is 25.3 Å². The maximum atomic E-state index is 13.8. The molecule has 7 heteroatoms. The molecule has 2 unspecified atom stereocenters. The molecule has 2 aromatic heterocycles. The van der Waals surface area contributed by atoms with Crippen LogP contribution in [0, 0.1) is 0 Å². The summed E-state index contributed by atoms with van der Waals surface area (Å²) in [4.78, 5) is 32.5. The number of aryl methyl sites for hydroxylation is 1. The lowest BCUT2D eigenvalue weighted by molar-refractivity contribution is 0.0703. The van der Waals surface area contributed by atoms with Crippen molar-refractivity contribution in [3.63, 3.8) is 0 Å². The second kappa shape index (κ2) is 11.1. The molecule has 0 aliphatic heterocycles. The smallest absolute Gasteiger partial charge is 0.267 e. The maximum Gasteiger partial charge on any atom is 0.267 e. The normalized spacial score (nSPS) is 12.7. The van der Waals surface area contributed by atoms with E-state index in [1.807, 2.05) is 62.8 Å². The van der Waals surface area contributed by atoms with Crippen LogP contribution in [0.1, 0.15) is 45.7 Å². The minimum Gasteiger partial charge on any atom is -0.497 e. The fourth-order valence-corrected chi connectivity index (χ4v) is 4.67. The van der Waals surface area contributed by atoms with Crippen LogP contribution < -0.4 is 10.1 Å². The van der Waals surface area contributed by atoms with Gasteiger partial charge in [-0.25, -0.2) is 0 Å². The number of hydrogen-bond acceptors (Lipinski definition) is 4. The van der Waals surface area contributed by atoms with Crippen molar-refractivity contribution in [1.29, 1.82) is 0 Å². The van der Waals surface area contributed by atoms with Crippen molar-refractivity contribution in [2.75, 3.05) is 20.7 Å². The third kappa shape index (κ3) is 5.25. The van der Waals surface area contributed by atoms with Crippen molar-refractivity contribution in [1.82, 2.24) is 19.8 Å². The predicted octanol–water partition coefficient (Wildman–Crippen LogP) is 4.65. The van der Waals surface area contributed by atoms with Crippen molar-refractivity contribution in [3.8, 4) is 5.75 Å². The van der Waals surface area contributed by atoms with E-state index in [0.717, 1.165) is 16.3 Å². The molecule has 0 aliphatic carbocycles. The molecule has 186 valence electrons. The van der Waals surface area contributed by atoms with Crippen LogP contribution in [0.3, 0.4) is 0 Å². The van der Waals surface area contributed by atoms with Crippen LogP contribution in [0.25, 0.3) is 10.8 Å². The van der Waals surface area contributed by atoms with Gasteiger partial charge in [0.05, 0.1) is 12.7 Å². The van der Waals surface area contributed by atoms with Crippen LogP contribution in [0.2, 0.25) is 0 Å². The van der Waals surface area contributed by atoms with E-state index in [0.29, 0.717) is 30.0 Å². The summed E-state index contributed by atoms with van der Waals surface area (Å²) in [7, 11) is 5.28. The molecule has 1 N–H and O–H groups in total. The summed E-state index contributed by atoms with van der Waals surface area (Å²) < 4.78 is 7.12. The molecule has 0 fully saturated rings. The van der Waals surface area contributed by atoms with E-state index in [-0.39, 0.29) is 23.8 Å². The number of amides is 2. The average molecular weight is 485 g/mol. The Hall–Kier alpha value is -4.13. The Labute approximate surface area is 211 Å². The second-order valence-corrected chi connectivity index (χ2v) is 9.01. The number of pyridine rings is 1. The van der Waals surface area contributed by atoms with Gasteiger partial charge in [-0.3, -0.25) is 14.6 Å². The van der Waals surface area contributed by atoms with Crippen LogP contribution in [-0.2, 0) is 7.05 Å². The summed E-state index contributed by atoms with van der Waals surface area (Å²) in [6.07, 6.45) is 5.79. The number of rotatable bonds is 9. The molecule has 4 rings (SSSR count). The zero-order valence-electron chi connectivity index (χ0n) is 21.1. The Morgan fingerprint density at radius 2 is 1.86 bits per heavy atom. The summed E-state index contributed by atoms with van der Waals surface area (Å²) in [5, 5.41) is 4.68. The van der Waals surface area contributed by atoms with Crippen LogP contribution in [0.15, 0.2) is 79.3 Å². The van der Waals surface area contributed by atoms with Gasteiger partial charge in [0.1, 0.15) is 11.4 Å². The molecule has 2 atom stereocenters. The number of methoxy groups -OCH3 is 1. The summed E-state index contributed by atoms with van der Waals surface area (Å²) in [6, 6.07) is 19.2. The topological polar surface area (TPSA) is 76.5 Å². The van der Waals surface area contributed by atoms with Crippen molar-refractivity contribution < 1.29 is 14.3 Å². The summed E-state index contributed by atoms with van der Waals surface area (Å²) in [5.74, 6) is 0.525. The van der Waals surface area contributed by atoms with Crippen LogP contribution in [0.4, 0.5) is 0 Å². The largest absolute Gasteiger partial charge is 0.497 e. The Kier molecular flexibility index (Phi) is 7.68. The molecule has 4 aromatic rings. The minimum absolute atomic E-state index is 0.0510. The van der Waals surface area contributed by atoms with Gasteiger partial charge in [0, 0.05) is 56.6 Å². The van der Waals surface area contributed by atoms with E-state index >= 15 is 0 Å². The molecule has 2 amide bonds. The van der Waals surface area contributed by atoms with Gasteiger partial charge in [0.2, 0.25) is 0 Å². The molecule has 36 heavy (non-hydrogen) atoms. The summed E-state index contributed by atoms with van der Waals surface area (Å²) >= 11 is 0. The maximum absolute atomic E-state index is 13.8. The summed E-state index contributed by atoms with van der Waals surface area (Å²) in [5.41, 5.74) is 2.27. The third-order valence-corrected chi connectivity index (χ3v) is 6.82. The van der Waals surface area contributed by atoms with Gasteiger partial charge in [0.15, 0.2) is 0 Å². The molecule has 0 radical (unpaired) electrons. The molecular formula is C29H32N4O3. The Bertz CT molecular complexity index is 1350. The number of hydrogen-bond donors (Lipinski definition) is 1. The lowest BCUT2D eigenvalue weighted by Crippen LogP contribution is -2.42. The fourth-order valence-electron chi connectivity index (χ4n) is 4.67. The Morgan fingerprint density at radius 1 is 1.08 bits per heavy atom. The number of carbonyl (C=O) groups excluding carboxylic acids is 2. The number of carbonyl (C=O) groups is 2. The van der Waals surface area contributed by atoms with Gasteiger partial charge in [-0.2, -0.15) is 0 Å². The molecule has 2 aromatic carbocycles. The van der Waals surface area contributed by atoms with Gasteiger partial charge in [0.25, 0.3) is 11.8 Å². The highest BCUT2D eigenvalue weighted by atomic mass is 16.5. The van der Waals surface area contributed by atoms with E-state index in [2.05, 4.69) is 29.4 Å². The second-order valence-electron chi connectivity index (χ2n) is 9.01. The van der Waals surface area contributed by atoms with Crippen molar-refractivity contribution in [3.05, 3.63) is 96.1 Å². The van der Waals surface area contributed by atoms with Gasteiger partial charge >= 0.3 is 0 Å². The van der Waals surface area contributed by atoms with Crippen molar-refractivity contribution in [2.24, 2.45) is 7.05 Å². The SMILES string of the molecule is COc1ccc2c(C(=O)N(C)C(CCNC(=O)c3cccn3C)C(C)c3ccccc3)cncc2c1. The predicted molar refractivity (Wildman–Crippen MR) is 141 cm³/mol. The van der Waals surface area contributed by atoms with Crippen LogP contribution in [0.5, 0.6) is 5.75 Å². The van der Waals surface area contributed by atoms with E-state index in [4.69, 9.17) is 4.74 Å². The lowest BCUT2D eigenvalue weighted by Gasteiger charge is -2.34. The first kappa shape index (κ1) is 25.0. The number of ether oxygens (including phenoxy) is 1. The molecule has 7 nitrogen and oxygen atoms in total. The zero-order chi connectivity index (χ0) is 25.7. The monoisotopic (exact) mass is 484 g/mol. The third-order valence-electron chi connectivity index (χ3n) is 6.82. The molecular weight excluding hydrogens is 452 g/mol. The first-order valence-electron chi connectivity index (χ1n) is 12.0. The molecule has 0 saturated carbocycles. The van der Waals surface area contributed by atoms with E-state index in [1.165, 1.54) is 0 Å². The molecule has 0 saturated heterocycles. The van der Waals surface area contributed by atoms with Gasteiger partial charge in [-0.05, 0) is 47.7 Å². The Balaban J connectivity index is 1.58.